The second-order valence-electron chi connectivity index (χ2n) is 10.0. The van der Waals surface area contributed by atoms with Gasteiger partial charge in [0.2, 0.25) is 41.4 Å². The molecule has 13 heteroatoms. The summed E-state index contributed by atoms with van der Waals surface area (Å²) in [6, 6.07) is 0. The summed E-state index contributed by atoms with van der Waals surface area (Å²) in [6.45, 7) is 7.73. The number of hydrogen-bond acceptors (Lipinski definition) is 7. The van der Waals surface area contributed by atoms with Gasteiger partial charge in [0.15, 0.2) is 0 Å². The normalized spacial score (nSPS) is 15.0. The summed E-state index contributed by atoms with van der Waals surface area (Å²) in [6.07, 6.45) is 1.51. The monoisotopic (exact) mass is 538 g/mol. The van der Waals surface area contributed by atoms with E-state index in [2.05, 4.69) is 40.4 Å². The number of amides is 7. The highest BCUT2D eigenvalue weighted by atomic mass is 16.2. The lowest BCUT2D eigenvalue weighted by atomic mass is 9.94. The predicted molar refractivity (Wildman–Crippen MR) is 138 cm³/mol. The molecule has 0 aliphatic carbocycles. The molecule has 0 spiro atoms. The van der Waals surface area contributed by atoms with Gasteiger partial charge in [0.25, 0.3) is 0 Å². The van der Waals surface area contributed by atoms with Crippen molar-refractivity contribution in [2.45, 2.75) is 59.8 Å². The lowest BCUT2D eigenvalue weighted by Crippen LogP contribution is -2.44. The molecule has 13 nitrogen and oxygen atoms in total. The molecule has 0 radical (unpaired) electrons. The first kappa shape index (κ1) is 32.5. The first-order valence-corrected chi connectivity index (χ1v) is 13.1. The van der Waals surface area contributed by atoms with Crippen LogP contribution in [0.15, 0.2) is 0 Å². The maximum Gasteiger partial charge on any atom is 0.239 e. The lowest BCUT2D eigenvalue weighted by molar-refractivity contribution is -0.140. The third-order valence-electron chi connectivity index (χ3n) is 5.93. The van der Waals surface area contributed by atoms with Crippen LogP contribution in [0.1, 0.15) is 59.8 Å². The van der Waals surface area contributed by atoms with E-state index in [0.29, 0.717) is 12.5 Å². The van der Waals surface area contributed by atoms with E-state index in [4.69, 9.17) is 0 Å². The summed E-state index contributed by atoms with van der Waals surface area (Å²) in [5, 5.41) is 12.4. The summed E-state index contributed by atoms with van der Waals surface area (Å²) in [7, 11) is 0. The average molecular weight is 539 g/mol. The third kappa shape index (κ3) is 13.2. The molecule has 0 aromatic heterocycles. The molecule has 38 heavy (non-hydrogen) atoms. The van der Waals surface area contributed by atoms with Gasteiger partial charge in [-0.3, -0.25) is 38.5 Å². The van der Waals surface area contributed by atoms with E-state index in [1.165, 1.54) is 4.90 Å². The second kappa shape index (κ2) is 17.1. The Balaban J connectivity index is 2.11. The smallest absolute Gasteiger partial charge is 0.239 e. The molecule has 1 aliphatic rings. The fraction of sp³-hybridized carbons (Fsp3) is 0.720. The minimum atomic E-state index is -0.592. The zero-order valence-electron chi connectivity index (χ0n) is 22.8. The van der Waals surface area contributed by atoms with Crippen molar-refractivity contribution >= 4 is 41.4 Å². The van der Waals surface area contributed by atoms with Gasteiger partial charge in [0.1, 0.15) is 0 Å². The van der Waals surface area contributed by atoms with Gasteiger partial charge in [0.05, 0.1) is 19.6 Å². The largest absolute Gasteiger partial charge is 0.356 e. The first-order chi connectivity index (χ1) is 17.9. The predicted octanol–water partition coefficient (Wildman–Crippen LogP) is -1.19. The van der Waals surface area contributed by atoms with Crippen molar-refractivity contribution in [1.82, 2.24) is 31.5 Å². The summed E-state index contributed by atoms with van der Waals surface area (Å²) >= 11 is 0. The Morgan fingerprint density at radius 2 is 1.24 bits per heavy atom. The van der Waals surface area contributed by atoms with Crippen LogP contribution in [0.2, 0.25) is 0 Å². The number of nitrogens with zero attached hydrogens (tertiary/aromatic N) is 1. The molecule has 0 bridgehead atoms. The maximum absolute atomic E-state index is 12.3. The van der Waals surface area contributed by atoms with Crippen LogP contribution in [0.5, 0.6) is 0 Å². The van der Waals surface area contributed by atoms with Gasteiger partial charge in [-0.05, 0) is 24.7 Å². The topological polar surface area (TPSA) is 183 Å². The van der Waals surface area contributed by atoms with E-state index in [1.54, 1.807) is 0 Å². The van der Waals surface area contributed by atoms with Crippen LogP contribution in [-0.4, -0.2) is 85.5 Å². The molecule has 0 saturated carbocycles. The number of nitrogens with one attached hydrogen (secondary N) is 5. The quantitative estimate of drug-likeness (QED) is 0.144. The number of rotatable bonds is 17. The molecule has 5 N–H and O–H groups in total. The van der Waals surface area contributed by atoms with Gasteiger partial charge in [-0.25, -0.2) is 0 Å². The van der Waals surface area contributed by atoms with Crippen LogP contribution in [-0.2, 0) is 33.6 Å². The second-order valence-corrected chi connectivity index (χ2v) is 10.0. The average Bonchev–Trinajstić information content (AvgIpc) is 3.13. The van der Waals surface area contributed by atoms with Crippen molar-refractivity contribution < 1.29 is 33.6 Å². The summed E-state index contributed by atoms with van der Waals surface area (Å²) < 4.78 is 0. The van der Waals surface area contributed by atoms with Crippen molar-refractivity contribution in [3.05, 3.63) is 0 Å². The lowest BCUT2D eigenvalue weighted by Gasteiger charge is -2.16. The first-order valence-electron chi connectivity index (χ1n) is 13.1. The highest BCUT2D eigenvalue weighted by molar-refractivity contribution is 6.03. The van der Waals surface area contributed by atoms with E-state index in [0.717, 1.165) is 6.42 Å². The minimum absolute atomic E-state index is 0.0336. The van der Waals surface area contributed by atoms with Crippen LogP contribution >= 0.6 is 0 Å². The third-order valence-corrected chi connectivity index (χ3v) is 5.93. The van der Waals surface area contributed by atoms with Crippen molar-refractivity contribution in [3.8, 4) is 0 Å². The fourth-order valence-electron chi connectivity index (χ4n) is 3.58. The molecule has 7 amide bonds. The van der Waals surface area contributed by atoms with Crippen molar-refractivity contribution in [2.75, 3.05) is 39.3 Å². The Kier molecular flexibility index (Phi) is 14.6. The van der Waals surface area contributed by atoms with Crippen LogP contribution in [0, 0.1) is 17.8 Å². The maximum atomic E-state index is 12.3. The molecular weight excluding hydrogens is 496 g/mol. The van der Waals surface area contributed by atoms with E-state index in [9.17, 15) is 33.6 Å². The Morgan fingerprint density at radius 3 is 1.76 bits per heavy atom. The van der Waals surface area contributed by atoms with E-state index in [1.807, 2.05) is 13.8 Å². The number of hydrogen-bond donors (Lipinski definition) is 5. The Morgan fingerprint density at radius 1 is 0.737 bits per heavy atom. The van der Waals surface area contributed by atoms with Gasteiger partial charge >= 0.3 is 0 Å². The van der Waals surface area contributed by atoms with Gasteiger partial charge in [-0.15, -0.1) is 0 Å². The fourth-order valence-corrected chi connectivity index (χ4v) is 3.58. The van der Waals surface area contributed by atoms with Gasteiger partial charge in [0, 0.05) is 44.8 Å². The number of imide groups is 1. The summed E-state index contributed by atoms with van der Waals surface area (Å²) in [4.78, 5) is 84.5. The molecule has 214 valence electrons. The Bertz CT molecular complexity index is 874. The van der Waals surface area contributed by atoms with Crippen molar-refractivity contribution in [2.24, 2.45) is 17.8 Å². The van der Waals surface area contributed by atoms with Crippen LogP contribution in [0.25, 0.3) is 0 Å². The number of carbonyl (C=O) groups is 7. The van der Waals surface area contributed by atoms with Crippen LogP contribution < -0.4 is 26.6 Å². The molecule has 1 saturated heterocycles. The van der Waals surface area contributed by atoms with Crippen molar-refractivity contribution in [1.29, 1.82) is 0 Å². The van der Waals surface area contributed by atoms with Gasteiger partial charge < -0.3 is 26.6 Å². The summed E-state index contributed by atoms with van der Waals surface area (Å²) in [5.41, 5.74) is 0. The molecule has 1 fully saturated rings. The van der Waals surface area contributed by atoms with Gasteiger partial charge in [-0.1, -0.05) is 27.7 Å². The molecular formula is C25H42N6O7. The van der Waals surface area contributed by atoms with Crippen LogP contribution in [0.3, 0.4) is 0 Å². The highest BCUT2D eigenvalue weighted by Crippen LogP contribution is 2.26. The number of likely N-dealkylation sites (tertiary alicyclic amines) is 1. The Hall–Kier alpha value is -3.51. The standard InChI is InChI=1S/C25H42N6O7/c1-16(2)7-9-26-20(33)8-10-27-21(34)13-29-23(36)15-30-22(35)14-28-19(32)6-5-11-31-24(37)12-18(17(3)4)25(31)38/h16-18H,5-15H2,1-4H3,(H,26,33)(H,27,34)(H,28,32)(H,29,36)(H,30,35). The molecule has 1 heterocycles. The van der Waals surface area contributed by atoms with E-state index >= 15 is 0 Å². The zero-order valence-corrected chi connectivity index (χ0v) is 22.8. The van der Waals surface area contributed by atoms with E-state index in [-0.39, 0.29) is 88.0 Å². The molecule has 1 aliphatic heterocycles. The number of carbonyl (C=O) groups excluding carboxylic acids is 7. The zero-order chi connectivity index (χ0) is 28.7. The minimum Gasteiger partial charge on any atom is -0.356 e. The molecule has 1 rings (SSSR count). The van der Waals surface area contributed by atoms with Gasteiger partial charge in [-0.2, -0.15) is 0 Å². The molecule has 1 atom stereocenters. The molecule has 0 aromatic rings. The molecule has 1 unspecified atom stereocenters. The van der Waals surface area contributed by atoms with E-state index < -0.39 is 23.6 Å². The van der Waals surface area contributed by atoms with Crippen molar-refractivity contribution in [3.63, 3.8) is 0 Å². The molecule has 0 aromatic carbocycles. The SMILES string of the molecule is CC(C)CCNC(=O)CCNC(=O)CNC(=O)CNC(=O)CNC(=O)CCCN1C(=O)CC(C(C)C)C1=O. The highest BCUT2D eigenvalue weighted by Gasteiger charge is 2.39. The van der Waals surface area contributed by atoms with Crippen LogP contribution in [0.4, 0.5) is 0 Å². The summed E-state index contributed by atoms with van der Waals surface area (Å²) in [5.74, 6) is -2.44. The Labute approximate surface area is 223 Å².